The van der Waals surface area contributed by atoms with Crippen LogP contribution in [0.5, 0.6) is 0 Å². The Morgan fingerprint density at radius 3 is 2.90 bits per heavy atom. The van der Waals surface area contributed by atoms with Crippen LogP contribution in [0, 0.1) is 5.92 Å². The van der Waals surface area contributed by atoms with Gasteiger partial charge < -0.3 is 15.3 Å². The van der Waals surface area contributed by atoms with Crippen LogP contribution in [0.25, 0.3) is 0 Å². The van der Waals surface area contributed by atoms with Gasteiger partial charge >= 0.3 is 0 Å². The molecule has 0 bridgehead atoms. The predicted octanol–water partition coefficient (Wildman–Crippen LogP) is 1.41. The summed E-state index contributed by atoms with van der Waals surface area (Å²) in [6.45, 7) is 2.97. The largest absolute Gasteiger partial charge is 0.393 e. The van der Waals surface area contributed by atoms with Gasteiger partial charge in [-0.05, 0) is 30.5 Å². The van der Waals surface area contributed by atoms with Crippen LogP contribution in [0.1, 0.15) is 23.7 Å². The Kier molecular flexibility index (Phi) is 5.36. The third-order valence-corrected chi connectivity index (χ3v) is 4.19. The smallest absolute Gasteiger partial charge is 0.251 e. The number of carbonyl (C=O) groups excluding carboxylic acids is 2. The summed E-state index contributed by atoms with van der Waals surface area (Å²) in [5, 5.41) is 12.3. The van der Waals surface area contributed by atoms with Gasteiger partial charge in [0.2, 0.25) is 5.91 Å². The molecule has 2 atom stereocenters. The molecular formula is C15H19BrN2O3. The maximum absolute atomic E-state index is 12.1. The van der Waals surface area contributed by atoms with Gasteiger partial charge in [-0.2, -0.15) is 0 Å². The molecule has 0 spiro atoms. The minimum absolute atomic E-state index is 0.0197. The lowest BCUT2D eigenvalue weighted by Crippen LogP contribution is -2.48. The van der Waals surface area contributed by atoms with Crippen LogP contribution in [0.15, 0.2) is 28.7 Å². The van der Waals surface area contributed by atoms with E-state index in [4.69, 9.17) is 0 Å². The summed E-state index contributed by atoms with van der Waals surface area (Å²) in [4.78, 5) is 25.7. The average Bonchev–Trinajstić information content (AvgIpc) is 2.47. The maximum Gasteiger partial charge on any atom is 0.251 e. The Hall–Kier alpha value is -1.40. The van der Waals surface area contributed by atoms with Gasteiger partial charge in [0.15, 0.2) is 0 Å². The average molecular weight is 355 g/mol. The SMILES string of the molecule is CC1CN(C(=O)CNC(=O)c2cccc(Br)c2)CCC1O. The molecule has 0 radical (unpaired) electrons. The molecule has 114 valence electrons. The number of likely N-dealkylation sites (tertiary alicyclic amines) is 1. The van der Waals surface area contributed by atoms with E-state index in [1.54, 1.807) is 23.1 Å². The maximum atomic E-state index is 12.1. The first-order chi connectivity index (χ1) is 9.97. The highest BCUT2D eigenvalue weighted by atomic mass is 79.9. The summed E-state index contributed by atoms with van der Waals surface area (Å²) in [5.74, 6) is -0.310. The number of hydrogen-bond donors (Lipinski definition) is 2. The zero-order valence-corrected chi connectivity index (χ0v) is 13.5. The lowest BCUT2D eigenvalue weighted by atomic mass is 9.97. The van der Waals surface area contributed by atoms with Gasteiger partial charge in [0.05, 0.1) is 12.6 Å². The number of nitrogens with one attached hydrogen (secondary N) is 1. The fraction of sp³-hybridized carbons (Fsp3) is 0.467. The van der Waals surface area contributed by atoms with Gasteiger partial charge in [-0.15, -0.1) is 0 Å². The van der Waals surface area contributed by atoms with Crippen LogP contribution < -0.4 is 5.32 Å². The molecule has 1 aromatic carbocycles. The van der Waals surface area contributed by atoms with Crippen molar-refractivity contribution in [3.63, 3.8) is 0 Å². The molecule has 2 unspecified atom stereocenters. The van der Waals surface area contributed by atoms with E-state index in [1.807, 2.05) is 13.0 Å². The van der Waals surface area contributed by atoms with Crippen LogP contribution in [0.4, 0.5) is 0 Å². The van der Waals surface area contributed by atoms with Crippen molar-refractivity contribution >= 4 is 27.7 Å². The van der Waals surface area contributed by atoms with Crippen LogP contribution in [-0.2, 0) is 4.79 Å². The highest BCUT2D eigenvalue weighted by Crippen LogP contribution is 2.16. The van der Waals surface area contributed by atoms with E-state index in [2.05, 4.69) is 21.2 Å². The summed E-state index contributed by atoms with van der Waals surface area (Å²) in [6, 6.07) is 7.01. The minimum atomic E-state index is -0.342. The molecular weight excluding hydrogens is 336 g/mol. The topological polar surface area (TPSA) is 69.6 Å². The zero-order valence-electron chi connectivity index (χ0n) is 11.9. The van der Waals surface area contributed by atoms with E-state index in [0.717, 1.165) is 4.47 Å². The second kappa shape index (κ2) is 7.04. The molecule has 1 aliphatic rings. The molecule has 5 nitrogen and oxygen atoms in total. The summed E-state index contributed by atoms with van der Waals surface area (Å²) in [6.07, 6.45) is 0.247. The van der Waals surface area contributed by atoms with Gasteiger partial charge in [-0.25, -0.2) is 0 Å². The van der Waals surface area contributed by atoms with Crippen molar-refractivity contribution < 1.29 is 14.7 Å². The second-order valence-electron chi connectivity index (χ2n) is 5.37. The minimum Gasteiger partial charge on any atom is -0.393 e. The molecule has 0 saturated carbocycles. The summed E-state index contributed by atoms with van der Waals surface area (Å²) < 4.78 is 0.820. The fourth-order valence-corrected chi connectivity index (χ4v) is 2.76. The lowest BCUT2D eigenvalue weighted by Gasteiger charge is -2.34. The Morgan fingerprint density at radius 1 is 1.48 bits per heavy atom. The van der Waals surface area contributed by atoms with Crippen LogP contribution >= 0.6 is 15.9 Å². The normalized spacial score (nSPS) is 22.0. The quantitative estimate of drug-likeness (QED) is 0.862. The van der Waals surface area contributed by atoms with Crippen LogP contribution in [0.2, 0.25) is 0 Å². The number of carbonyl (C=O) groups is 2. The van der Waals surface area contributed by atoms with Gasteiger partial charge in [-0.1, -0.05) is 28.9 Å². The number of halogens is 1. The Morgan fingerprint density at radius 2 is 2.24 bits per heavy atom. The Balaban J connectivity index is 1.85. The van der Waals surface area contributed by atoms with E-state index >= 15 is 0 Å². The lowest BCUT2D eigenvalue weighted by molar-refractivity contribution is -0.133. The van der Waals surface area contributed by atoms with E-state index in [9.17, 15) is 14.7 Å². The van der Waals surface area contributed by atoms with Crippen molar-refractivity contribution in [2.45, 2.75) is 19.4 Å². The third kappa shape index (κ3) is 4.28. The molecule has 6 heteroatoms. The first-order valence-electron chi connectivity index (χ1n) is 6.97. The van der Waals surface area contributed by atoms with Gasteiger partial charge in [0, 0.05) is 23.1 Å². The molecule has 0 aromatic heterocycles. The molecule has 2 N–H and O–H groups in total. The monoisotopic (exact) mass is 354 g/mol. The summed E-state index contributed by atoms with van der Waals surface area (Å²) in [5.41, 5.74) is 0.514. The number of benzene rings is 1. The summed E-state index contributed by atoms with van der Waals surface area (Å²) >= 11 is 3.31. The first-order valence-corrected chi connectivity index (χ1v) is 7.76. The van der Waals surface area contributed by atoms with Crippen molar-refractivity contribution in [3.05, 3.63) is 34.3 Å². The molecule has 1 saturated heterocycles. The van der Waals surface area contributed by atoms with E-state index in [-0.39, 0.29) is 30.4 Å². The van der Waals surface area contributed by atoms with Crippen molar-refractivity contribution in [1.29, 1.82) is 0 Å². The highest BCUT2D eigenvalue weighted by Gasteiger charge is 2.27. The van der Waals surface area contributed by atoms with Gasteiger partial charge in [0.25, 0.3) is 5.91 Å². The van der Waals surface area contributed by atoms with Crippen molar-refractivity contribution in [2.24, 2.45) is 5.92 Å². The van der Waals surface area contributed by atoms with Crippen molar-refractivity contribution in [1.82, 2.24) is 10.2 Å². The number of aliphatic hydroxyl groups excluding tert-OH is 1. The van der Waals surface area contributed by atoms with Gasteiger partial charge in [0.1, 0.15) is 0 Å². The molecule has 1 fully saturated rings. The molecule has 1 heterocycles. The highest BCUT2D eigenvalue weighted by molar-refractivity contribution is 9.10. The van der Waals surface area contributed by atoms with Crippen LogP contribution in [-0.4, -0.2) is 47.6 Å². The number of aliphatic hydroxyl groups is 1. The summed E-state index contributed by atoms with van der Waals surface area (Å²) in [7, 11) is 0. The standard InChI is InChI=1S/C15H19BrN2O3/c1-10-9-18(6-5-13(10)19)14(20)8-17-15(21)11-3-2-4-12(16)7-11/h2-4,7,10,13,19H,5-6,8-9H2,1H3,(H,17,21). The number of hydrogen-bond acceptors (Lipinski definition) is 3. The molecule has 2 rings (SSSR count). The number of amides is 2. The van der Waals surface area contributed by atoms with Crippen molar-refractivity contribution in [2.75, 3.05) is 19.6 Å². The second-order valence-corrected chi connectivity index (χ2v) is 6.28. The fourth-order valence-electron chi connectivity index (χ4n) is 2.36. The zero-order chi connectivity index (χ0) is 15.4. The van der Waals surface area contributed by atoms with Crippen molar-refractivity contribution in [3.8, 4) is 0 Å². The molecule has 21 heavy (non-hydrogen) atoms. The van der Waals surface area contributed by atoms with Crippen LogP contribution in [0.3, 0.4) is 0 Å². The van der Waals surface area contributed by atoms with E-state index in [1.165, 1.54) is 0 Å². The van der Waals surface area contributed by atoms with E-state index < -0.39 is 0 Å². The molecule has 1 aromatic rings. The molecule has 0 aliphatic carbocycles. The Bertz CT molecular complexity index is 535. The number of nitrogens with zero attached hydrogens (tertiary/aromatic N) is 1. The first kappa shape index (κ1) is 16.0. The van der Waals surface area contributed by atoms with Gasteiger partial charge in [-0.3, -0.25) is 9.59 Å². The molecule has 1 aliphatic heterocycles. The molecule has 2 amide bonds. The predicted molar refractivity (Wildman–Crippen MR) is 82.8 cm³/mol. The number of piperidine rings is 1. The third-order valence-electron chi connectivity index (χ3n) is 3.70. The van der Waals surface area contributed by atoms with E-state index in [0.29, 0.717) is 25.1 Å². The Labute approximate surface area is 132 Å². The number of rotatable bonds is 3.